The first-order valence-electron chi connectivity index (χ1n) is 8.71. The molecule has 0 N–H and O–H groups in total. The lowest BCUT2D eigenvalue weighted by Crippen LogP contribution is -2.33. The molecule has 0 saturated carbocycles. The van der Waals surface area contributed by atoms with Gasteiger partial charge in [0.1, 0.15) is 11.3 Å². The van der Waals surface area contributed by atoms with Crippen LogP contribution in [0.15, 0.2) is 24.3 Å². The zero-order chi connectivity index (χ0) is 20.1. The van der Waals surface area contributed by atoms with Crippen molar-refractivity contribution in [3.8, 4) is 0 Å². The highest BCUT2D eigenvalue weighted by Crippen LogP contribution is 2.27. The number of alkyl halides is 3. The fourth-order valence-electron chi connectivity index (χ4n) is 2.98. The summed E-state index contributed by atoms with van der Waals surface area (Å²) in [5.74, 6) is -1.35. The van der Waals surface area contributed by atoms with Gasteiger partial charge < -0.3 is 4.90 Å². The van der Waals surface area contributed by atoms with Gasteiger partial charge in [0.25, 0.3) is 12.3 Å². The van der Waals surface area contributed by atoms with Crippen molar-refractivity contribution in [2.75, 3.05) is 12.4 Å². The van der Waals surface area contributed by atoms with Crippen LogP contribution in [0.25, 0.3) is 0 Å². The third-order valence-electron chi connectivity index (χ3n) is 4.31. The van der Waals surface area contributed by atoms with E-state index in [0.717, 1.165) is 11.1 Å². The number of carbonyl (C=O) groups excluding carboxylic acids is 1. The lowest BCUT2D eigenvalue weighted by Gasteiger charge is -2.24. The number of nitrogens with zero attached hydrogens (tertiary/aromatic N) is 3. The van der Waals surface area contributed by atoms with Gasteiger partial charge in [-0.15, -0.1) is 11.6 Å². The summed E-state index contributed by atoms with van der Waals surface area (Å²) in [6.07, 6.45) is -2.58. The Kier molecular flexibility index (Phi) is 7.30. The Morgan fingerprint density at radius 1 is 1.30 bits per heavy atom. The molecule has 1 heterocycles. The number of benzene rings is 1. The normalized spacial score (nSPS) is 11.4. The summed E-state index contributed by atoms with van der Waals surface area (Å²) >= 11 is 5.75. The van der Waals surface area contributed by atoms with Crippen LogP contribution < -0.4 is 0 Å². The summed E-state index contributed by atoms with van der Waals surface area (Å²) in [5, 5.41) is 3.46. The molecular weight excluding hydrogens is 379 g/mol. The second-order valence-corrected chi connectivity index (χ2v) is 6.98. The van der Waals surface area contributed by atoms with Crippen LogP contribution in [0.4, 0.5) is 13.2 Å². The molecule has 1 amide bonds. The van der Waals surface area contributed by atoms with Gasteiger partial charge in [0.15, 0.2) is 0 Å². The standard InChI is InChI=1S/C19H23ClF3N3O/c1-12(2)14-8-5-4-7-13(14)11-26(10-6-9-20)19(27)15-16(17(21)22)24-25(3)18(15)23/h4-5,7-8,12,17H,6,9-11H2,1-3H3. The SMILES string of the molecule is CC(C)c1ccccc1CN(CCCCl)C(=O)c1c(C(F)F)nn(C)c1F. The molecule has 0 aliphatic rings. The van der Waals surface area contributed by atoms with Crippen molar-refractivity contribution < 1.29 is 18.0 Å². The third kappa shape index (κ3) is 4.83. The number of halogens is 4. The van der Waals surface area contributed by atoms with Gasteiger partial charge in [-0.3, -0.25) is 4.79 Å². The molecule has 2 rings (SSSR count). The largest absolute Gasteiger partial charge is 0.334 e. The Morgan fingerprint density at radius 3 is 2.56 bits per heavy atom. The van der Waals surface area contributed by atoms with Gasteiger partial charge >= 0.3 is 0 Å². The molecule has 0 aliphatic carbocycles. The number of aryl methyl sites for hydroxylation is 1. The molecule has 0 fully saturated rings. The van der Waals surface area contributed by atoms with Crippen molar-refractivity contribution >= 4 is 17.5 Å². The second-order valence-electron chi connectivity index (χ2n) is 6.60. The fourth-order valence-corrected chi connectivity index (χ4v) is 3.10. The van der Waals surface area contributed by atoms with E-state index in [2.05, 4.69) is 5.10 Å². The Balaban J connectivity index is 2.42. The number of amides is 1. The first-order chi connectivity index (χ1) is 12.8. The highest BCUT2D eigenvalue weighted by atomic mass is 35.5. The number of hydrogen-bond acceptors (Lipinski definition) is 2. The fraction of sp³-hybridized carbons (Fsp3) is 0.474. The zero-order valence-corrected chi connectivity index (χ0v) is 16.3. The van der Waals surface area contributed by atoms with Gasteiger partial charge in [0.05, 0.1) is 0 Å². The molecule has 2 aromatic rings. The van der Waals surface area contributed by atoms with Crippen LogP contribution in [0.2, 0.25) is 0 Å². The zero-order valence-electron chi connectivity index (χ0n) is 15.6. The monoisotopic (exact) mass is 401 g/mol. The highest BCUT2D eigenvalue weighted by molar-refractivity contribution is 6.17. The molecule has 1 aromatic heterocycles. The van der Waals surface area contributed by atoms with Crippen LogP contribution in [0.1, 0.15) is 59.8 Å². The molecule has 0 saturated heterocycles. The predicted molar refractivity (Wildman–Crippen MR) is 98.7 cm³/mol. The molecule has 0 aliphatic heterocycles. The first kappa shape index (κ1) is 21.3. The van der Waals surface area contributed by atoms with Gasteiger partial charge in [-0.1, -0.05) is 38.1 Å². The van der Waals surface area contributed by atoms with E-state index in [4.69, 9.17) is 11.6 Å². The second kappa shape index (κ2) is 9.26. The summed E-state index contributed by atoms with van der Waals surface area (Å²) in [5.41, 5.74) is 0.414. The highest BCUT2D eigenvalue weighted by Gasteiger charge is 2.31. The summed E-state index contributed by atoms with van der Waals surface area (Å²) in [6.45, 7) is 4.46. The maximum atomic E-state index is 14.4. The predicted octanol–water partition coefficient (Wildman–Crippen LogP) is 4.89. The van der Waals surface area contributed by atoms with Gasteiger partial charge in [-0.25, -0.2) is 13.5 Å². The van der Waals surface area contributed by atoms with Gasteiger partial charge in [-0.2, -0.15) is 9.49 Å². The van der Waals surface area contributed by atoms with Crippen molar-refractivity contribution in [1.29, 1.82) is 0 Å². The van der Waals surface area contributed by atoms with E-state index in [-0.39, 0.29) is 19.0 Å². The minimum atomic E-state index is -3.04. The Bertz CT molecular complexity index is 793. The van der Waals surface area contributed by atoms with Crippen molar-refractivity contribution in [2.24, 2.45) is 7.05 Å². The number of aromatic nitrogens is 2. The number of carbonyl (C=O) groups is 1. The van der Waals surface area contributed by atoms with E-state index < -0.39 is 29.5 Å². The molecule has 0 unspecified atom stereocenters. The van der Waals surface area contributed by atoms with Crippen molar-refractivity contribution in [3.63, 3.8) is 0 Å². The smallest absolute Gasteiger partial charge is 0.283 e. The molecule has 0 atom stereocenters. The third-order valence-corrected chi connectivity index (χ3v) is 4.58. The summed E-state index contributed by atoms with van der Waals surface area (Å²) in [7, 11) is 1.19. The Hall–Kier alpha value is -2.02. The average Bonchev–Trinajstić information content (AvgIpc) is 2.93. The molecular formula is C19H23ClF3N3O. The molecule has 27 heavy (non-hydrogen) atoms. The molecule has 8 heteroatoms. The van der Waals surface area contributed by atoms with Gasteiger partial charge in [0, 0.05) is 26.0 Å². The van der Waals surface area contributed by atoms with Crippen LogP contribution in [0, 0.1) is 5.95 Å². The molecule has 4 nitrogen and oxygen atoms in total. The maximum absolute atomic E-state index is 14.4. The van der Waals surface area contributed by atoms with Crippen molar-refractivity contribution in [1.82, 2.24) is 14.7 Å². The van der Waals surface area contributed by atoms with Crippen molar-refractivity contribution in [2.45, 2.75) is 39.2 Å². The van der Waals surface area contributed by atoms with Crippen LogP contribution in [-0.2, 0) is 13.6 Å². The molecule has 148 valence electrons. The van der Waals surface area contributed by atoms with E-state index in [1.54, 1.807) is 0 Å². The minimum absolute atomic E-state index is 0.182. The van der Waals surface area contributed by atoms with Crippen LogP contribution >= 0.6 is 11.6 Å². The molecule has 0 radical (unpaired) electrons. The van der Waals surface area contributed by atoms with Crippen LogP contribution in [0.5, 0.6) is 0 Å². The number of rotatable bonds is 8. The van der Waals surface area contributed by atoms with E-state index in [0.29, 0.717) is 17.0 Å². The van der Waals surface area contributed by atoms with Gasteiger partial charge in [0.2, 0.25) is 5.95 Å². The summed E-state index contributed by atoms with van der Waals surface area (Å²) < 4.78 is 41.5. The summed E-state index contributed by atoms with van der Waals surface area (Å²) in [4.78, 5) is 14.3. The van der Waals surface area contributed by atoms with Gasteiger partial charge in [-0.05, 0) is 23.5 Å². The Labute approximate surface area is 161 Å². The molecule has 0 spiro atoms. The van der Waals surface area contributed by atoms with E-state index >= 15 is 0 Å². The lowest BCUT2D eigenvalue weighted by atomic mass is 9.97. The van der Waals surface area contributed by atoms with Crippen LogP contribution in [0.3, 0.4) is 0 Å². The van der Waals surface area contributed by atoms with E-state index in [1.807, 2.05) is 38.1 Å². The summed E-state index contributed by atoms with van der Waals surface area (Å²) in [6, 6.07) is 7.59. The average molecular weight is 402 g/mol. The molecule has 0 bridgehead atoms. The van der Waals surface area contributed by atoms with E-state index in [9.17, 15) is 18.0 Å². The topological polar surface area (TPSA) is 38.1 Å². The quantitative estimate of drug-likeness (QED) is 0.590. The number of hydrogen-bond donors (Lipinski definition) is 0. The first-order valence-corrected chi connectivity index (χ1v) is 9.24. The van der Waals surface area contributed by atoms with Crippen LogP contribution in [-0.4, -0.2) is 33.0 Å². The van der Waals surface area contributed by atoms with Crippen molar-refractivity contribution in [3.05, 3.63) is 52.6 Å². The molecule has 1 aromatic carbocycles. The Morgan fingerprint density at radius 2 is 1.96 bits per heavy atom. The van der Waals surface area contributed by atoms with E-state index in [1.165, 1.54) is 11.9 Å². The minimum Gasteiger partial charge on any atom is -0.334 e. The maximum Gasteiger partial charge on any atom is 0.283 e. The lowest BCUT2D eigenvalue weighted by molar-refractivity contribution is 0.0725.